The molecule has 0 aliphatic rings. The average molecular weight is 234 g/mol. The molecule has 0 saturated heterocycles. The van der Waals surface area contributed by atoms with Crippen LogP contribution in [0.15, 0.2) is 18.2 Å². The van der Waals surface area contributed by atoms with Crippen LogP contribution in [0, 0.1) is 11.3 Å². The molecule has 1 rings (SSSR count). The van der Waals surface area contributed by atoms with Gasteiger partial charge in [-0.2, -0.15) is 5.26 Å². The van der Waals surface area contributed by atoms with E-state index in [9.17, 15) is 15.0 Å². The molecule has 1 unspecified atom stereocenters. The van der Waals surface area contributed by atoms with Crippen LogP contribution in [0.3, 0.4) is 0 Å². The van der Waals surface area contributed by atoms with E-state index in [2.05, 4.69) is 5.32 Å². The van der Waals surface area contributed by atoms with Crippen molar-refractivity contribution in [3.8, 4) is 17.6 Å². The lowest BCUT2D eigenvalue weighted by atomic mass is 10.1. The maximum atomic E-state index is 11.8. The largest absolute Gasteiger partial charge is 0.504 e. The number of para-hydroxylation sites is 1. The number of phenolic OH excluding ortho intramolecular Hbond substituents is 2. The van der Waals surface area contributed by atoms with Crippen LogP contribution in [0.1, 0.15) is 30.1 Å². The second-order valence-corrected chi connectivity index (χ2v) is 3.61. The Morgan fingerprint density at radius 2 is 2.24 bits per heavy atom. The third kappa shape index (κ3) is 3.11. The van der Waals surface area contributed by atoms with Crippen LogP contribution in [0.4, 0.5) is 0 Å². The molecule has 0 heterocycles. The van der Waals surface area contributed by atoms with Crippen LogP contribution in [0.25, 0.3) is 0 Å². The Bertz CT molecular complexity index is 452. The Morgan fingerprint density at radius 1 is 1.53 bits per heavy atom. The van der Waals surface area contributed by atoms with Gasteiger partial charge >= 0.3 is 0 Å². The van der Waals surface area contributed by atoms with Crippen LogP contribution in [0.5, 0.6) is 11.5 Å². The first-order chi connectivity index (χ1) is 8.10. The van der Waals surface area contributed by atoms with Crippen LogP contribution in [0.2, 0.25) is 0 Å². The van der Waals surface area contributed by atoms with Crippen molar-refractivity contribution in [2.45, 2.75) is 25.8 Å². The molecule has 1 atom stereocenters. The fraction of sp³-hybridized carbons (Fsp3) is 0.333. The van der Waals surface area contributed by atoms with Crippen molar-refractivity contribution in [3.05, 3.63) is 23.8 Å². The van der Waals surface area contributed by atoms with Crippen molar-refractivity contribution >= 4 is 5.91 Å². The summed E-state index contributed by atoms with van der Waals surface area (Å²) in [6.07, 6.45) is 0.834. The normalized spacial score (nSPS) is 11.5. The highest BCUT2D eigenvalue weighted by Gasteiger charge is 2.16. The molecule has 0 aliphatic carbocycles. The lowest BCUT2D eigenvalue weighted by Gasteiger charge is -2.14. The standard InChI is InChI=1S/C12H14N2O3/c1-2-8(6-7-13)14-12(17)9-4-3-5-10(15)11(9)16/h3-5,8,15-16H,2,6H2,1H3,(H,14,17). The van der Waals surface area contributed by atoms with E-state index in [1.807, 2.05) is 13.0 Å². The zero-order valence-electron chi connectivity index (χ0n) is 9.47. The monoisotopic (exact) mass is 234 g/mol. The van der Waals surface area contributed by atoms with Gasteiger partial charge in [-0.3, -0.25) is 4.79 Å². The molecule has 1 amide bonds. The summed E-state index contributed by atoms with van der Waals surface area (Å²) in [5, 5.41) is 29.9. The molecule has 0 aliphatic heterocycles. The van der Waals surface area contributed by atoms with Crippen LogP contribution < -0.4 is 5.32 Å². The molecule has 0 aromatic heterocycles. The van der Waals surface area contributed by atoms with Crippen LogP contribution >= 0.6 is 0 Å². The predicted molar refractivity (Wildman–Crippen MR) is 61.5 cm³/mol. The van der Waals surface area contributed by atoms with Crippen molar-refractivity contribution in [1.82, 2.24) is 5.32 Å². The van der Waals surface area contributed by atoms with Crippen LogP contribution in [-0.2, 0) is 0 Å². The molecule has 0 saturated carbocycles. The van der Waals surface area contributed by atoms with Gasteiger partial charge in [0.25, 0.3) is 5.91 Å². The molecule has 0 spiro atoms. The third-order valence-corrected chi connectivity index (χ3v) is 2.43. The van der Waals surface area contributed by atoms with Gasteiger partial charge < -0.3 is 15.5 Å². The van der Waals surface area contributed by atoms with Gasteiger partial charge in [-0.05, 0) is 18.6 Å². The number of benzene rings is 1. The number of carbonyl (C=O) groups excluding carboxylic acids is 1. The first-order valence-electron chi connectivity index (χ1n) is 5.28. The molecule has 5 nitrogen and oxygen atoms in total. The summed E-state index contributed by atoms with van der Waals surface area (Å²) >= 11 is 0. The maximum Gasteiger partial charge on any atom is 0.255 e. The minimum atomic E-state index is -0.500. The van der Waals surface area contributed by atoms with Gasteiger partial charge in [0.15, 0.2) is 11.5 Å². The number of hydrogen-bond acceptors (Lipinski definition) is 4. The van der Waals surface area contributed by atoms with Crippen molar-refractivity contribution < 1.29 is 15.0 Å². The lowest BCUT2D eigenvalue weighted by Crippen LogP contribution is -2.34. The van der Waals surface area contributed by atoms with Gasteiger partial charge in [0.2, 0.25) is 0 Å². The highest BCUT2D eigenvalue weighted by molar-refractivity contribution is 5.97. The Balaban J connectivity index is 2.83. The van der Waals surface area contributed by atoms with Gasteiger partial charge in [-0.25, -0.2) is 0 Å². The minimum Gasteiger partial charge on any atom is -0.504 e. The SMILES string of the molecule is CCC(CC#N)NC(=O)c1cccc(O)c1O. The lowest BCUT2D eigenvalue weighted by molar-refractivity contribution is 0.0933. The quantitative estimate of drug-likeness (QED) is 0.688. The summed E-state index contributed by atoms with van der Waals surface area (Å²) in [5.41, 5.74) is 0.00129. The minimum absolute atomic E-state index is 0.00129. The van der Waals surface area contributed by atoms with Crippen LogP contribution in [-0.4, -0.2) is 22.2 Å². The summed E-state index contributed by atoms with van der Waals surface area (Å²) in [6.45, 7) is 1.85. The number of nitrogens with zero attached hydrogens (tertiary/aromatic N) is 1. The number of carbonyl (C=O) groups is 1. The summed E-state index contributed by atoms with van der Waals surface area (Å²) in [7, 11) is 0. The topological polar surface area (TPSA) is 93.4 Å². The van der Waals surface area contributed by atoms with E-state index in [-0.39, 0.29) is 23.8 Å². The molecular weight excluding hydrogens is 220 g/mol. The molecule has 0 radical (unpaired) electrons. The highest BCUT2D eigenvalue weighted by Crippen LogP contribution is 2.28. The molecule has 3 N–H and O–H groups in total. The number of rotatable bonds is 4. The Hall–Kier alpha value is -2.22. The number of aromatic hydroxyl groups is 2. The number of amides is 1. The van der Waals surface area contributed by atoms with Gasteiger partial charge in [0, 0.05) is 6.04 Å². The predicted octanol–water partition coefficient (Wildman–Crippen LogP) is 1.52. The van der Waals surface area contributed by atoms with E-state index in [0.29, 0.717) is 6.42 Å². The van der Waals surface area contributed by atoms with E-state index in [0.717, 1.165) is 0 Å². The molecular formula is C12H14N2O3. The van der Waals surface area contributed by atoms with Gasteiger partial charge in [-0.1, -0.05) is 13.0 Å². The number of nitrogens with one attached hydrogen (secondary N) is 1. The molecule has 90 valence electrons. The molecule has 17 heavy (non-hydrogen) atoms. The number of hydrogen-bond donors (Lipinski definition) is 3. The fourth-order valence-electron chi connectivity index (χ4n) is 1.39. The summed E-state index contributed by atoms with van der Waals surface area (Å²) < 4.78 is 0. The molecule has 0 fully saturated rings. The summed E-state index contributed by atoms with van der Waals surface area (Å²) in [4.78, 5) is 11.8. The Morgan fingerprint density at radius 3 is 2.82 bits per heavy atom. The molecule has 5 heteroatoms. The van der Waals surface area contributed by atoms with E-state index < -0.39 is 11.7 Å². The smallest absolute Gasteiger partial charge is 0.255 e. The first-order valence-corrected chi connectivity index (χ1v) is 5.28. The van der Waals surface area contributed by atoms with Crippen molar-refractivity contribution in [3.63, 3.8) is 0 Å². The Labute approximate surface area is 99.3 Å². The first kappa shape index (κ1) is 12.8. The van der Waals surface area contributed by atoms with Gasteiger partial charge in [0.1, 0.15) is 0 Å². The molecule has 0 bridgehead atoms. The number of phenols is 2. The summed E-state index contributed by atoms with van der Waals surface area (Å²) in [5.74, 6) is -1.29. The van der Waals surface area contributed by atoms with Crippen molar-refractivity contribution in [1.29, 1.82) is 5.26 Å². The maximum absolute atomic E-state index is 11.8. The molecule has 1 aromatic carbocycles. The van der Waals surface area contributed by atoms with Crippen molar-refractivity contribution in [2.75, 3.05) is 0 Å². The van der Waals surface area contributed by atoms with E-state index in [4.69, 9.17) is 5.26 Å². The van der Waals surface area contributed by atoms with Gasteiger partial charge in [0.05, 0.1) is 18.1 Å². The number of nitriles is 1. The van der Waals surface area contributed by atoms with E-state index in [1.54, 1.807) is 0 Å². The zero-order chi connectivity index (χ0) is 12.8. The average Bonchev–Trinajstić information content (AvgIpc) is 2.31. The third-order valence-electron chi connectivity index (χ3n) is 2.43. The van der Waals surface area contributed by atoms with E-state index >= 15 is 0 Å². The second kappa shape index (κ2) is 5.75. The van der Waals surface area contributed by atoms with E-state index in [1.165, 1.54) is 18.2 Å². The Kier molecular flexibility index (Phi) is 4.35. The van der Waals surface area contributed by atoms with Crippen molar-refractivity contribution in [2.24, 2.45) is 0 Å². The second-order valence-electron chi connectivity index (χ2n) is 3.61. The summed E-state index contributed by atoms with van der Waals surface area (Å²) in [6, 6.07) is 5.88. The molecule has 1 aromatic rings. The highest BCUT2D eigenvalue weighted by atomic mass is 16.3. The fourth-order valence-corrected chi connectivity index (χ4v) is 1.39. The zero-order valence-corrected chi connectivity index (χ0v) is 9.47. The van der Waals surface area contributed by atoms with Gasteiger partial charge in [-0.15, -0.1) is 0 Å².